The van der Waals surface area contributed by atoms with Crippen LogP contribution in [0, 0.1) is 6.92 Å². The van der Waals surface area contributed by atoms with Gasteiger partial charge in [-0.3, -0.25) is 9.78 Å². The molecular formula is C28H27N5O2S. The van der Waals surface area contributed by atoms with Crippen molar-refractivity contribution in [2.24, 2.45) is 0 Å². The van der Waals surface area contributed by atoms with Crippen LogP contribution in [0.3, 0.4) is 0 Å². The van der Waals surface area contributed by atoms with E-state index in [1.54, 1.807) is 13.3 Å². The molecule has 36 heavy (non-hydrogen) atoms. The Kier molecular flexibility index (Phi) is 6.43. The second-order valence-corrected chi connectivity index (χ2v) is 9.02. The maximum atomic E-state index is 11.9. The zero-order valence-electron chi connectivity index (χ0n) is 20.3. The lowest BCUT2D eigenvalue weighted by atomic mass is 10.0. The van der Waals surface area contributed by atoms with Crippen LogP contribution in [0.2, 0.25) is 0 Å². The smallest absolute Gasteiger partial charge is 0.221 e. The molecule has 4 aromatic rings. The molecule has 1 saturated heterocycles. The molecule has 2 aromatic heterocycles. The zero-order chi connectivity index (χ0) is 25.2. The second kappa shape index (κ2) is 9.83. The molecule has 0 unspecified atom stereocenters. The standard InChI is InChI=1S/C28H27N5O2S/c1-18-12-14-24(32(18)20-9-5-4-6-10-20)27-26(22-11-7-8-16-29-22)31-28(36)33(27)21-13-15-25(35-3)23(17-21)30-19(2)34/h4-17,26-27H,1-3H3,(H,30,34)(H,31,36)/t26-,27-/m0/s1. The number of aryl methyl sites for hydroxylation is 1. The highest BCUT2D eigenvalue weighted by Gasteiger charge is 2.42. The molecule has 7 nitrogen and oxygen atoms in total. The lowest BCUT2D eigenvalue weighted by molar-refractivity contribution is -0.114. The van der Waals surface area contributed by atoms with Crippen molar-refractivity contribution < 1.29 is 9.53 Å². The van der Waals surface area contributed by atoms with Crippen LogP contribution in [0.4, 0.5) is 11.4 Å². The van der Waals surface area contributed by atoms with Crippen LogP contribution in [-0.4, -0.2) is 27.7 Å². The minimum atomic E-state index is -0.208. The molecule has 2 atom stereocenters. The molecular weight excluding hydrogens is 470 g/mol. The van der Waals surface area contributed by atoms with Gasteiger partial charge in [-0.2, -0.15) is 0 Å². The molecule has 1 aliphatic heterocycles. The number of amides is 1. The predicted octanol–water partition coefficient (Wildman–Crippen LogP) is 5.32. The lowest BCUT2D eigenvalue weighted by Crippen LogP contribution is -2.30. The molecule has 2 N–H and O–H groups in total. The highest BCUT2D eigenvalue weighted by atomic mass is 32.1. The molecule has 8 heteroatoms. The fourth-order valence-electron chi connectivity index (χ4n) is 4.79. The third kappa shape index (κ3) is 4.31. The molecule has 1 aliphatic rings. The summed E-state index contributed by atoms with van der Waals surface area (Å²) in [5.74, 6) is 0.400. The third-order valence-electron chi connectivity index (χ3n) is 6.29. The predicted molar refractivity (Wildman–Crippen MR) is 146 cm³/mol. The number of nitrogens with one attached hydrogen (secondary N) is 2. The molecule has 182 valence electrons. The average molecular weight is 498 g/mol. The average Bonchev–Trinajstić information content (AvgIpc) is 3.44. The normalized spacial score (nSPS) is 17.1. The van der Waals surface area contributed by atoms with Gasteiger partial charge in [-0.15, -0.1) is 0 Å². The first-order valence-electron chi connectivity index (χ1n) is 11.7. The summed E-state index contributed by atoms with van der Waals surface area (Å²) >= 11 is 5.89. The maximum absolute atomic E-state index is 11.9. The summed E-state index contributed by atoms with van der Waals surface area (Å²) in [4.78, 5) is 18.6. The molecule has 1 amide bonds. The van der Waals surface area contributed by atoms with Crippen molar-refractivity contribution in [2.45, 2.75) is 25.9 Å². The quantitative estimate of drug-likeness (QED) is 0.351. The van der Waals surface area contributed by atoms with E-state index < -0.39 is 0 Å². The fraction of sp³-hybridized carbons (Fsp3) is 0.179. The topological polar surface area (TPSA) is 71.4 Å². The van der Waals surface area contributed by atoms with E-state index in [-0.39, 0.29) is 18.0 Å². The van der Waals surface area contributed by atoms with E-state index in [9.17, 15) is 4.79 Å². The van der Waals surface area contributed by atoms with Gasteiger partial charge in [-0.25, -0.2) is 0 Å². The summed E-state index contributed by atoms with van der Waals surface area (Å²) in [6, 6.07) is 25.7. The first-order valence-corrected chi connectivity index (χ1v) is 12.1. The Bertz CT molecular complexity index is 1400. The van der Waals surface area contributed by atoms with Gasteiger partial charge in [0, 0.05) is 35.9 Å². The highest BCUT2D eigenvalue weighted by Crippen LogP contribution is 2.44. The second-order valence-electron chi connectivity index (χ2n) is 8.63. The first-order chi connectivity index (χ1) is 17.5. The van der Waals surface area contributed by atoms with E-state index in [2.05, 4.69) is 56.3 Å². The van der Waals surface area contributed by atoms with Crippen molar-refractivity contribution in [3.05, 3.63) is 102 Å². The van der Waals surface area contributed by atoms with Gasteiger partial charge in [0.2, 0.25) is 5.91 Å². The Morgan fingerprint density at radius 2 is 1.81 bits per heavy atom. The molecule has 0 spiro atoms. The number of anilines is 2. The van der Waals surface area contributed by atoms with E-state index in [1.165, 1.54) is 6.92 Å². The summed E-state index contributed by atoms with van der Waals surface area (Å²) in [5, 5.41) is 6.95. The van der Waals surface area contributed by atoms with Gasteiger partial charge < -0.3 is 24.8 Å². The summed E-state index contributed by atoms with van der Waals surface area (Å²) in [6.45, 7) is 3.57. The number of methoxy groups -OCH3 is 1. The molecule has 3 heterocycles. The summed E-state index contributed by atoms with van der Waals surface area (Å²) < 4.78 is 7.73. The SMILES string of the molecule is COc1ccc(N2C(=S)N[C@@H](c3ccccn3)[C@@H]2c2ccc(C)n2-c2ccccc2)cc1NC(C)=O. The first kappa shape index (κ1) is 23.6. The molecule has 2 aromatic carbocycles. The van der Waals surface area contributed by atoms with Crippen LogP contribution in [-0.2, 0) is 4.79 Å². The Hall–Kier alpha value is -4.17. The number of hydrogen-bond acceptors (Lipinski definition) is 4. The van der Waals surface area contributed by atoms with Gasteiger partial charge in [0.25, 0.3) is 0 Å². The number of carbonyl (C=O) groups excluding carboxylic acids is 1. The van der Waals surface area contributed by atoms with E-state index in [0.29, 0.717) is 16.5 Å². The van der Waals surface area contributed by atoms with Crippen molar-refractivity contribution in [3.8, 4) is 11.4 Å². The highest BCUT2D eigenvalue weighted by molar-refractivity contribution is 7.80. The Labute approximate surface area is 215 Å². The number of hydrogen-bond donors (Lipinski definition) is 2. The van der Waals surface area contributed by atoms with Gasteiger partial charge in [-0.1, -0.05) is 24.3 Å². The van der Waals surface area contributed by atoms with E-state index in [4.69, 9.17) is 17.0 Å². The number of aromatic nitrogens is 2. The van der Waals surface area contributed by atoms with Crippen LogP contribution in [0.5, 0.6) is 5.75 Å². The molecule has 5 rings (SSSR count). The van der Waals surface area contributed by atoms with Gasteiger partial charge >= 0.3 is 0 Å². The minimum Gasteiger partial charge on any atom is -0.495 e. The van der Waals surface area contributed by atoms with Crippen LogP contribution >= 0.6 is 12.2 Å². The van der Waals surface area contributed by atoms with E-state index in [0.717, 1.165) is 28.5 Å². The summed E-state index contributed by atoms with van der Waals surface area (Å²) in [6.07, 6.45) is 1.80. The van der Waals surface area contributed by atoms with Crippen molar-refractivity contribution >= 4 is 34.6 Å². The number of rotatable bonds is 6. The van der Waals surface area contributed by atoms with Gasteiger partial charge in [0.1, 0.15) is 11.8 Å². The van der Waals surface area contributed by atoms with E-state index >= 15 is 0 Å². The number of para-hydroxylation sites is 1. The summed E-state index contributed by atoms with van der Waals surface area (Å²) in [7, 11) is 1.58. The Balaban J connectivity index is 1.69. The van der Waals surface area contributed by atoms with Crippen LogP contribution < -0.4 is 20.3 Å². The lowest BCUT2D eigenvalue weighted by Gasteiger charge is -2.30. The van der Waals surface area contributed by atoms with Gasteiger partial charge in [0.15, 0.2) is 5.11 Å². The number of thiocarbonyl (C=S) groups is 1. The Morgan fingerprint density at radius 1 is 1.03 bits per heavy atom. The fourth-order valence-corrected chi connectivity index (χ4v) is 5.13. The number of benzene rings is 2. The monoisotopic (exact) mass is 497 g/mol. The molecule has 0 radical (unpaired) electrons. The van der Waals surface area contributed by atoms with Crippen molar-refractivity contribution in [1.29, 1.82) is 0 Å². The minimum absolute atomic E-state index is 0.177. The number of pyridine rings is 1. The largest absolute Gasteiger partial charge is 0.495 e. The van der Waals surface area contributed by atoms with Crippen LogP contribution in [0.25, 0.3) is 5.69 Å². The molecule has 0 saturated carbocycles. The van der Waals surface area contributed by atoms with Crippen molar-refractivity contribution in [1.82, 2.24) is 14.9 Å². The number of carbonyl (C=O) groups is 1. The Morgan fingerprint density at radius 3 is 2.50 bits per heavy atom. The number of ether oxygens (including phenoxy) is 1. The third-order valence-corrected chi connectivity index (χ3v) is 6.61. The van der Waals surface area contributed by atoms with E-state index in [1.807, 2.05) is 54.6 Å². The van der Waals surface area contributed by atoms with Gasteiger partial charge in [-0.05, 0) is 73.7 Å². The van der Waals surface area contributed by atoms with Gasteiger partial charge in [0.05, 0.1) is 24.5 Å². The zero-order valence-corrected chi connectivity index (χ0v) is 21.1. The van der Waals surface area contributed by atoms with Crippen molar-refractivity contribution in [2.75, 3.05) is 17.3 Å². The van der Waals surface area contributed by atoms with Crippen molar-refractivity contribution in [3.63, 3.8) is 0 Å². The maximum Gasteiger partial charge on any atom is 0.221 e. The number of nitrogens with zero attached hydrogens (tertiary/aromatic N) is 3. The van der Waals surface area contributed by atoms with Crippen LogP contribution in [0.15, 0.2) is 85.1 Å². The molecule has 0 aliphatic carbocycles. The molecule has 1 fully saturated rings. The molecule has 0 bridgehead atoms. The van der Waals surface area contributed by atoms with Crippen LogP contribution in [0.1, 0.15) is 36.1 Å². The summed E-state index contributed by atoms with van der Waals surface area (Å²) in [5.41, 5.74) is 5.56.